The molecule has 4 aromatic rings. The summed E-state index contributed by atoms with van der Waals surface area (Å²) in [6.45, 7) is 0. The molecule has 108 valence electrons. The SMILES string of the molecule is Oc1cccc(Nc2cc(-c3csc4ccccc34)[nH]n2)c1. The van der Waals surface area contributed by atoms with E-state index in [0.717, 1.165) is 22.8 Å². The van der Waals surface area contributed by atoms with Crippen molar-refractivity contribution >= 4 is 32.9 Å². The van der Waals surface area contributed by atoms with Crippen molar-refractivity contribution < 1.29 is 5.11 Å². The second kappa shape index (κ2) is 5.20. The number of phenols is 1. The number of phenolic OH excluding ortho intramolecular Hbond substituents is 1. The number of nitrogens with one attached hydrogen (secondary N) is 2. The first-order valence-corrected chi connectivity index (χ1v) is 7.76. The van der Waals surface area contributed by atoms with E-state index in [1.54, 1.807) is 29.5 Å². The molecule has 4 rings (SSSR count). The van der Waals surface area contributed by atoms with Gasteiger partial charge in [0, 0.05) is 38.8 Å². The number of fused-ring (bicyclic) bond motifs is 1. The lowest BCUT2D eigenvalue weighted by atomic mass is 10.1. The van der Waals surface area contributed by atoms with Crippen molar-refractivity contribution in [3.8, 4) is 17.0 Å². The van der Waals surface area contributed by atoms with Crippen molar-refractivity contribution in [2.24, 2.45) is 0 Å². The summed E-state index contributed by atoms with van der Waals surface area (Å²) in [5.41, 5.74) is 2.92. The zero-order chi connectivity index (χ0) is 14.9. The Kier molecular flexibility index (Phi) is 3.05. The van der Waals surface area contributed by atoms with E-state index in [-0.39, 0.29) is 5.75 Å². The van der Waals surface area contributed by atoms with E-state index in [9.17, 15) is 5.11 Å². The highest BCUT2D eigenvalue weighted by Crippen LogP contribution is 2.33. The van der Waals surface area contributed by atoms with Crippen molar-refractivity contribution in [3.63, 3.8) is 0 Å². The number of nitrogens with zero attached hydrogens (tertiary/aromatic N) is 1. The van der Waals surface area contributed by atoms with E-state index in [4.69, 9.17) is 0 Å². The standard InChI is InChI=1S/C17H13N3OS/c21-12-5-3-4-11(8-12)18-17-9-15(19-20-17)14-10-22-16-7-2-1-6-13(14)16/h1-10,21H,(H2,18,19,20). The molecular weight excluding hydrogens is 294 g/mol. The maximum Gasteiger partial charge on any atom is 0.152 e. The molecule has 0 saturated heterocycles. The van der Waals surface area contributed by atoms with E-state index < -0.39 is 0 Å². The Labute approximate surface area is 131 Å². The monoisotopic (exact) mass is 307 g/mol. The van der Waals surface area contributed by atoms with Gasteiger partial charge in [0.25, 0.3) is 0 Å². The topological polar surface area (TPSA) is 60.9 Å². The number of hydrogen-bond donors (Lipinski definition) is 3. The number of H-pyrrole nitrogens is 1. The van der Waals surface area contributed by atoms with E-state index in [1.165, 1.54) is 10.1 Å². The Morgan fingerprint density at radius 1 is 1.05 bits per heavy atom. The van der Waals surface area contributed by atoms with Crippen LogP contribution in [0.25, 0.3) is 21.3 Å². The van der Waals surface area contributed by atoms with Crippen molar-refractivity contribution in [1.29, 1.82) is 0 Å². The highest BCUT2D eigenvalue weighted by atomic mass is 32.1. The van der Waals surface area contributed by atoms with Gasteiger partial charge in [0.2, 0.25) is 0 Å². The summed E-state index contributed by atoms with van der Waals surface area (Å²) >= 11 is 1.72. The maximum atomic E-state index is 9.50. The van der Waals surface area contributed by atoms with Crippen LogP contribution in [0.3, 0.4) is 0 Å². The summed E-state index contributed by atoms with van der Waals surface area (Å²) in [5, 5.41) is 23.4. The first kappa shape index (κ1) is 12.9. The molecular formula is C17H13N3OS. The minimum absolute atomic E-state index is 0.226. The normalized spacial score (nSPS) is 10.9. The molecule has 4 nitrogen and oxygen atoms in total. The number of rotatable bonds is 3. The van der Waals surface area contributed by atoms with Crippen LogP contribution in [0, 0.1) is 0 Å². The second-order valence-corrected chi connectivity index (χ2v) is 5.90. The zero-order valence-corrected chi connectivity index (χ0v) is 12.4. The molecule has 2 aromatic heterocycles. The van der Waals surface area contributed by atoms with Crippen LogP contribution in [0.4, 0.5) is 11.5 Å². The number of benzene rings is 2. The van der Waals surface area contributed by atoms with Crippen LogP contribution in [-0.4, -0.2) is 15.3 Å². The number of thiophene rings is 1. The van der Waals surface area contributed by atoms with Crippen LogP contribution in [0.15, 0.2) is 60.0 Å². The Morgan fingerprint density at radius 3 is 2.86 bits per heavy atom. The highest BCUT2D eigenvalue weighted by Gasteiger charge is 2.09. The molecule has 0 fully saturated rings. The molecule has 0 aliphatic carbocycles. The molecule has 22 heavy (non-hydrogen) atoms. The van der Waals surface area contributed by atoms with Gasteiger partial charge in [-0.25, -0.2) is 0 Å². The van der Waals surface area contributed by atoms with Gasteiger partial charge in [-0.1, -0.05) is 24.3 Å². The fraction of sp³-hybridized carbons (Fsp3) is 0. The lowest BCUT2D eigenvalue weighted by molar-refractivity contribution is 0.475. The quantitative estimate of drug-likeness (QED) is 0.512. The molecule has 0 aliphatic heterocycles. The van der Waals surface area contributed by atoms with Gasteiger partial charge in [-0.05, 0) is 18.2 Å². The summed E-state index contributed by atoms with van der Waals surface area (Å²) in [7, 11) is 0. The third kappa shape index (κ3) is 2.31. The number of aromatic hydroxyl groups is 1. The molecule has 0 spiro atoms. The molecule has 0 amide bonds. The van der Waals surface area contributed by atoms with Gasteiger partial charge < -0.3 is 10.4 Å². The van der Waals surface area contributed by atoms with Crippen molar-refractivity contribution in [1.82, 2.24) is 10.2 Å². The Morgan fingerprint density at radius 2 is 1.95 bits per heavy atom. The molecule has 0 aliphatic rings. The lowest BCUT2D eigenvalue weighted by Crippen LogP contribution is -1.89. The van der Waals surface area contributed by atoms with Gasteiger partial charge in [-0.15, -0.1) is 11.3 Å². The predicted octanol–water partition coefficient (Wildman–Crippen LogP) is 4.74. The lowest BCUT2D eigenvalue weighted by Gasteiger charge is -2.02. The van der Waals surface area contributed by atoms with Crippen LogP contribution >= 0.6 is 11.3 Å². The van der Waals surface area contributed by atoms with Gasteiger partial charge in [0.15, 0.2) is 5.82 Å². The fourth-order valence-electron chi connectivity index (χ4n) is 2.44. The first-order chi connectivity index (χ1) is 10.8. The number of hydrogen-bond acceptors (Lipinski definition) is 4. The van der Waals surface area contributed by atoms with Crippen LogP contribution in [0.5, 0.6) is 5.75 Å². The molecule has 0 atom stereocenters. The smallest absolute Gasteiger partial charge is 0.152 e. The van der Waals surface area contributed by atoms with E-state index in [0.29, 0.717) is 0 Å². The second-order valence-electron chi connectivity index (χ2n) is 4.99. The number of anilines is 2. The first-order valence-electron chi connectivity index (χ1n) is 6.88. The third-order valence-corrected chi connectivity index (χ3v) is 4.43. The largest absolute Gasteiger partial charge is 0.508 e. The molecule has 0 radical (unpaired) electrons. The average Bonchev–Trinajstić information content (AvgIpc) is 3.13. The predicted molar refractivity (Wildman–Crippen MR) is 90.8 cm³/mol. The number of aromatic nitrogens is 2. The van der Waals surface area contributed by atoms with E-state index in [1.807, 2.05) is 24.3 Å². The molecule has 2 heterocycles. The zero-order valence-electron chi connectivity index (χ0n) is 11.6. The maximum absolute atomic E-state index is 9.50. The summed E-state index contributed by atoms with van der Waals surface area (Å²) in [4.78, 5) is 0. The van der Waals surface area contributed by atoms with Crippen molar-refractivity contribution in [3.05, 3.63) is 60.0 Å². The summed E-state index contributed by atoms with van der Waals surface area (Å²) in [6, 6.07) is 17.3. The molecule has 5 heteroatoms. The fourth-order valence-corrected chi connectivity index (χ4v) is 3.40. The van der Waals surface area contributed by atoms with Gasteiger partial charge in [0.05, 0.1) is 5.69 Å². The van der Waals surface area contributed by atoms with Crippen molar-refractivity contribution in [2.75, 3.05) is 5.32 Å². The van der Waals surface area contributed by atoms with Gasteiger partial charge in [-0.3, -0.25) is 5.10 Å². The molecule has 0 bridgehead atoms. The Balaban J connectivity index is 1.67. The van der Waals surface area contributed by atoms with Crippen LogP contribution in [0.2, 0.25) is 0 Å². The summed E-state index contributed by atoms with van der Waals surface area (Å²) in [6.07, 6.45) is 0. The average molecular weight is 307 g/mol. The van der Waals surface area contributed by atoms with E-state index in [2.05, 4.69) is 33.0 Å². The molecule has 0 saturated carbocycles. The van der Waals surface area contributed by atoms with Crippen LogP contribution < -0.4 is 5.32 Å². The third-order valence-electron chi connectivity index (χ3n) is 3.47. The van der Waals surface area contributed by atoms with Gasteiger partial charge in [0.1, 0.15) is 5.75 Å². The molecule has 0 unspecified atom stereocenters. The van der Waals surface area contributed by atoms with Gasteiger partial charge >= 0.3 is 0 Å². The minimum Gasteiger partial charge on any atom is -0.508 e. The molecule has 2 aromatic carbocycles. The van der Waals surface area contributed by atoms with Crippen LogP contribution in [0.1, 0.15) is 0 Å². The highest BCUT2D eigenvalue weighted by molar-refractivity contribution is 7.17. The summed E-state index contributed by atoms with van der Waals surface area (Å²) < 4.78 is 1.26. The number of aromatic amines is 1. The Hall–Kier alpha value is -2.79. The van der Waals surface area contributed by atoms with E-state index >= 15 is 0 Å². The minimum atomic E-state index is 0.226. The van der Waals surface area contributed by atoms with Gasteiger partial charge in [-0.2, -0.15) is 5.10 Å². The van der Waals surface area contributed by atoms with Crippen LogP contribution in [-0.2, 0) is 0 Å². The summed E-state index contributed by atoms with van der Waals surface area (Å²) in [5.74, 6) is 0.945. The Bertz CT molecular complexity index is 942. The van der Waals surface area contributed by atoms with Crippen molar-refractivity contribution in [2.45, 2.75) is 0 Å². The molecule has 3 N–H and O–H groups in total.